The summed E-state index contributed by atoms with van der Waals surface area (Å²) in [5.41, 5.74) is -1.98. The Balaban J connectivity index is 1.33. The van der Waals surface area contributed by atoms with E-state index in [1.807, 2.05) is 20.8 Å². The van der Waals surface area contributed by atoms with Gasteiger partial charge in [-0.1, -0.05) is 19.4 Å². The molecule has 1 saturated heterocycles. The molecule has 12 atom stereocenters. The van der Waals surface area contributed by atoms with Gasteiger partial charge in [-0.25, -0.2) is 4.79 Å². The van der Waals surface area contributed by atoms with E-state index in [2.05, 4.69) is 6.92 Å². The van der Waals surface area contributed by atoms with Gasteiger partial charge in [0.2, 0.25) is 0 Å². The molecule has 2 aliphatic heterocycles. The van der Waals surface area contributed by atoms with Crippen molar-refractivity contribution in [2.45, 2.75) is 115 Å². The van der Waals surface area contributed by atoms with Crippen molar-refractivity contribution in [1.82, 2.24) is 0 Å². The molecule has 4 aliphatic carbocycles. The van der Waals surface area contributed by atoms with Crippen LogP contribution in [0.4, 0.5) is 0 Å². The molecular weight excluding hydrogens is 448 g/mol. The van der Waals surface area contributed by atoms with E-state index in [0.717, 1.165) is 24.8 Å². The van der Waals surface area contributed by atoms with E-state index < -0.39 is 34.2 Å². The molecule has 7 nitrogen and oxygen atoms in total. The highest BCUT2D eigenvalue weighted by Gasteiger charge is 2.79. The average molecular weight is 489 g/mol. The lowest BCUT2D eigenvalue weighted by atomic mass is 9.42. The summed E-state index contributed by atoms with van der Waals surface area (Å²) in [6.45, 7) is 9.88. The highest BCUT2D eigenvalue weighted by Crippen LogP contribution is 2.73. The van der Waals surface area contributed by atoms with Crippen molar-refractivity contribution >= 4 is 11.8 Å². The third kappa shape index (κ3) is 2.76. The summed E-state index contributed by atoms with van der Waals surface area (Å²) in [7, 11) is 0. The van der Waals surface area contributed by atoms with Gasteiger partial charge in [0, 0.05) is 30.8 Å². The molecule has 3 N–H and O–H groups in total. The van der Waals surface area contributed by atoms with Gasteiger partial charge in [0.1, 0.15) is 23.6 Å². The minimum atomic E-state index is -1.33. The Morgan fingerprint density at radius 1 is 1.03 bits per heavy atom. The summed E-state index contributed by atoms with van der Waals surface area (Å²) in [6, 6.07) is 0. The van der Waals surface area contributed by atoms with Crippen molar-refractivity contribution in [2.24, 2.45) is 34.5 Å². The van der Waals surface area contributed by atoms with Gasteiger partial charge in [0.05, 0.1) is 23.2 Å². The van der Waals surface area contributed by atoms with E-state index >= 15 is 0 Å². The number of hydrogen-bond acceptors (Lipinski definition) is 7. The fraction of sp³-hybridized carbons (Fsp3) is 0.857. The third-order valence-electron chi connectivity index (χ3n) is 12.1. The van der Waals surface area contributed by atoms with Crippen LogP contribution in [0.5, 0.6) is 0 Å². The Bertz CT molecular complexity index is 1020. The third-order valence-corrected chi connectivity index (χ3v) is 12.1. The molecule has 0 spiro atoms. The monoisotopic (exact) mass is 488 g/mol. The van der Waals surface area contributed by atoms with Gasteiger partial charge in [0.15, 0.2) is 0 Å². The first-order valence-electron chi connectivity index (χ1n) is 13.5. The SMILES string of the molecule is CC1=C(C)C(=O)O[C@@H]([C@@H](C)[C@@]2(O)CC[C@H]3[C@@H]4[C@@H]5O[C@@H]5[C@@]5(O)C[C@@H](O)CC(=O)[C@]5(C)[C@H]4CC[C@@]32C)C1. The van der Waals surface area contributed by atoms with E-state index in [-0.39, 0.29) is 60.5 Å². The molecule has 0 aromatic heterocycles. The molecule has 0 amide bonds. The van der Waals surface area contributed by atoms with Gasteiger partial charge in [-0.2, -0.15) is 0 Å². The number of aliphatic hydroxyl groups is 3. The molecule has 6 rings (SSSR count). The van der Waals surface area contributed by atoms with Gasteiger partial charge in [0.25, 0.3) is 0 Å². The van der Waals surface area contributed by atoms with E-state index in [1.165, 1.54) is 0 Å². The molecular formula is C28H40O7. The van der Waals surface area contributed by atoms with Crippen molar-refractivity contribution in [1.29, 1.82) is 0 Å². The van der Waals surface area contributed by atoms with Crippen molar-refractivity contribution in [3.8, 4) is 0 Å². The normalized spacial score (nSPS) is 55.9. The lowest BCUT2D eigenvalue weighted by Gasteiger charge is -2.62. The molecule has 5 fully saturated rings. The van der Waals surface area contributed by atoms with Crippen LogP contribution < -0.4 is 0 Å². The highest BCUT2D eigenvalue weighted by atomic mass is 16.6. The highest BCUT2D eigenvalue weighted by molar-refractivity contribution is 5.89. The van der Waals surface area contributed by atoms with Crippen LogP contribution in [-0.4, -0.2) is 62.7 Å². The standard InChI is InChI=1S/C28H40O7/c1-13-10-19(34-24(31)14(13)2)15(3)27(32)9-7-17-21-18(6-8-25(17,27)4)26(5)20(30)11-16(29)12-28(26,33)23-22(21)35-23/h15-19,21-23,29,32-33H,6-12H2,1-5H3/t15-,16+,17+,18+,19-,21+,22+,23+,25+,26+,27+,28+/m1/s1. The van der Waals surface area contributed by atoms with Gasteiger partial charge in [-0.15, -0.1) is 0 Å². The number of rotatable bonds is 2. The van der Waals surface area contributed by atoms with Crippen molar-refractivity contribution < 1.29 is 34.4 Å². The number of ketones is 1. The van der Waals surface area contributed by atoms with Crippen LogP contribution >= 0.6 is 0 Å². The van der Waals surface area contributed by atoms with E-state index in [4.69, 9.17) is 9.47 Å². The maximum absolute atomic E-state index is 13.4. The minimum absolute atomic E-state index is 0.0349. The Hall–Kier alpha value is -1.28. The van der Waals surface area contributed by atoms with Crippen LogP contribution in [0, 0.1) is 34.5 Å². The largest absolute Gasteiger partial charge is 0.458 e. The predicted octanol–water partition coefficient (Wildman–Crippen LogP) is 2.69. The van der Waals surface area contributed by atoms with E-state index in [1.54, 1.807) is 6.92 Å². The van der Waals surface area contributed by atoms with Crippen LogP contribution in [0.3, 0.4) is 0 Å². The van der Waals surface area contributed by atoms with Gasteiger partial charge >= 0.3 is 5.97 Å². The first-order chi connectivity index (χ1) is 16.3. The smallest absolute Gasteiger partial charge is 0.333 e. The van der Waals surface area contributed by atoms with Gasteiger partial charge in [-0.05, 0) is 69.6 Å². The first kappa shape index (κ1) is 24.1. The zero-order valence-corrected chi connectivity index (χ0v) is 21.5. The summed E-state index contributed by atoms with van der Waals surface area (Å²) in [4.78, 5) is 25.8. The lowest BCUT2D eigenvalue weighted by molar-refractivity contribution is -0.217. The number of aliphatic hydroxyl groups excluding tert-OH is 1. The molecule has 0 unspecified atom stereocenters. The number of cyclic esters (lactones) is 1. The Kier molecular flexibility index (Phi) is 4.94. The maximum atomic E-state index is 13.4. The predicted molar refractivity (Wildman–Crippen MR) is 126 cm³/mol. The van der Waals surface area contributed by atoms with Crippen LogP contribution in [0.15, 0.2) is 11.1 Å². The Morgan fingerprint density at radius 3 is 2.40 bits per heavy atom. The molecule has 7 heteroatoms. The molecule has 0 bridgehead atoms. The quantitative estimate of drug-likeness (QED) is 0.404. The maximum Gasteiger partial charge on any atom is 0.333 e. The topological polar surface area (TPSA) is 117 Å². The average Bonchev–Trinajstić information content (AvgIpc) is 3.55. The zero-order chi connectivity index (χ0) is 25.3. The molecule has 6 aliphatic rings. The molecule has 0 aromatic carbocycles. The number of carbonyl (C=O) groups is 2. The van der Waals surface area contributed by atoms with Crippen LogP contribution in [0.1, 0.15) is 79.6 Å². The summed E-state index contributed by atoms with van der Waals surface area (Å²) in [5, 5.41) is 34.4. The second-order valence-electron chi connectivity index (χ2n) is 13.2. The summed E-state index contributed by atoms with van der Waals surface area (Å²) >= 11 is 0. The number of carbonyl (C=O) groups excluding carboxylic acids is 2. The Labute approximate surface area is 207 Å². The summed E-state index contributed by atoms with van der Waals surface area (Å²) in [6.07, 6.45) is 2.07. The number of hydrogen-bond donors (Lipinski definition) is 3. The van der Waals surface area contributed by atoms with Crippen LogP contribution in [0.25, 0.3) is 0 Å². The molecule has 0 radical (unpaired) electrons. The van der Waals surface area contributed by atoms with Crippen LogP contribution in [-0.2, 0) is 19.1 Å². The summed E-state index contributed by atoms with van der Waals surface area (Å²) < 4.78 is 12.0. The van der Waals surface area contributed by atoms with Gasteiger partial charge < -0.3 is 24.8 Å². The van der Waals surface area contributed by atoms with Crippen molar-refractivity contribution in [3.63, 3.8) is 0 Å². The van der Waals surface area contributed by atoms with E-state index in [0.29, 0.717) is 18.4 Å². The molecule has 35 heavy (non-hydrogen) atoms. The molecule has 2 heterocycles. The fourth-order valence-electron chi connectivity index (χ4n) is 9.66. The van der Waals surface area contributed by atoms with Crippen molar-refractivity contribution in [2.75, 3.05) is 0 Å². The fourth-order valence-corrected chi connectivity index (χ4v) is 9.66. The van der Waals surface area contributed by atoms with Crippen LogP contribution in [0.2, 0.25) is 0 Å². The second kappa shape index (κ2) is 7.18. The molecule has 0 aromatic rings. The van der Waals surface area contributed by atoms with Gasteiger partial charge in [-0.3, -0.25) is 4.79 Å². The number of epoxide rings is 1. The lowest BCUT2D eigenvalue weighted by Crippen LogP contribution is -2.70. The zero-order valence-electron chi connectivity index (χ0n) is 21.5. The molecule has 194 valence electrons. The number of Topliss-reactive ketones (excluding diaryl/α,β-unsaturated/α-hetero) is 1. The Morgan fingerprint density at radius 2 is 1.71 bits per heavy atom. The second-order valence-corrected chi connectivity index (χ2v) is 13.2. The number of fused-ring (bicyclic) bond motifs is 8. The number of esters is 1. The minimum Gasteiger partial charge on any atom is -0.458 e. The number of ether oxygens (including phenoxy) is 2. The summed E-state index contributed by atoms with van der Waals surface area (Å²) in [5.74, 6) is -0.361. The molecule has 4 saturated carbocycles. The van der Waals surface area contributed by atoms with Crippen molar-refractivity contribution in [3.05, 3.63) is 11.1 Å². The first-order valence-corrected chi connectivity index (χ1v) is 13.5. The van der Waals surface area contributed by atoms with E-state index in [9.17, 15) is 24.9 Å².